The Morgan fingerprint density at radius 2 is 2.29 bits per heavy atom. The van der Waals surface area contributed by atoms with Crippen LogP contribution in [0.15, 0.2) is 18.2 Å². The summed E-state index contributed by atoms with van der Waals surface area (Å²) in [5, 5.41) is 16.5. The molecule has 0 spiro atoms. The van der Waals surface area contributed by atoms with Crippen LogP contribution in [-0.4, -0.2) is 23.4 Å². The monoisotopic (exact) mass is 235 g/mol. The van der Waals surface area contributed by atoms with Crippen LogP contribution in [-0.2, 0) is 4.79 Å². The van der Waals surface area contributed by atoms with Gasteiger partial charge in [0.2, 0.25) is 5.91 Å². The van der Waals surface area contributed by atoms with Gasteiger partial charge in [0.1, 0.15) is 0 Å². The summed E-state index contributed by atoms with van der Waals surface area (Å²) in [5.74, 6) is 0.0297. The van der Waals surface area contributed by atoms with Crippen LogP contribution in [0.2, 0.25) is 0 Å². The van der Waals surface area contributed by atoms with E-state index in [1.54, 1.807) is 13.0 Å². The van der Waals surface area contributed by atoms with Gasteiger partial charge in [-0.15, -0.1) is 0 Å². The fourth-order valence-electron chi connectivity index (χ4n) is 1.85. The van der Waals surface area contributed by atoms with Gasteiger partial charge in [0, 0.05) is 30.8 Å². The number of carbonyl (C=O) groups excluding carboxylic acids is 1. The Morgan fingerprint density at radius 1 is 1.53 bits per heavy atom. The van der Waals surface area contributed by atoms with E-state index in [0.717, 1.165) is 11.3 Å². The minimum absolute atomic E-state index is 0.0297. The van der Waals surface area contributed by atoms with Crippen molar-refractivity contribution < 1.29 is 9.72 Å². The first-order valence-corrected chi connectivity index (χ1v) is 5.34. The lowest BCUT2D eigenvalue weighted by atomic mass is 10.1. The highest BCUT2D eigenvalue weighted by molar-refractivity contribution is 5.79. The second-order valence-corrected chi connectivity index (χ2v) is 4.11. The van der Waals surface area contributed by atoms with Gasteiger partial charge >= 0.3 is 0 Å². The van der Waals surface area contributed by atoms with Crippen molar-refractivity contribution in [3.63, 3.8) is 0 Å². The van der Waals surface area contributed by atoms with E-state index in [4.69, 9.17) is 0 Å². The molecule has 0 radical (unpaired) electrons. The van der Waals surface area contributed by atoms with Crippen molar-refractivity contribution in [1.82, 2.24) is 5.32 Å². The maximum Gasteiger partial charge on any atom is 0.269 e. The fourth-order valence-corrected chi connectivity index (χ4v) is 1.85. The molecule has 1 atom stereocenters. The van der Waals surface area contributed by atoms with Crippen LogP contribution in [0.1, 0.15) is 12.0 Å². The molecule has 0 saturated carbocycles. The lowest BCUT2D eigenvalue weighted by Crippen LogP contribution is -2.22. The van der Waals surface area contributed by atoms with Gasteiger partial charge in [-0.3, -0.25) is 14.9 Å². The van der Waals surface area contributed by atoms with Crippen molar-refractivity contribution in [2.24, 2.45) is 0 Å². The molecular weight excluding hydrogens is 222 g/mol. The number of benzene rings is 1. The highest BCUT2D eigenvalue weighted by atomic mass is 16.6. The number of non-ortho nitro benzene ring substituents is 1. The van der Waals surface area contributed by atoms with Crippen LogP contribution in [0, 0.1) is 17.0 Å². The zero-order valence-corrected chi connectivity index (χ0v) is 9.40. The molecule has 1 aliphatic heterocycles. The number of nitro groups is 1. The molecule has 2 rings (SSSR count). The predicted molar refractivity (Wildman–Crippen MR) is 62.9 cm³/mol. The van der Waals surface area contributed by atoms with Crippen molar-refractivity contribution in [2.45, 2.75) is 19.4 Å². The molecule has 0 bridgehead atoms. The molecule has 90 valence electrons. The van der Waals surface area contributed by atoms with Gasteiger partial charge in [-0.05, 0) is 18.6 Å². The SMILES string of the molecule is Cc1cc([N+](=O)[O-])ccc1NC1CNC(=O)C1. The maximum atomic E-state index is 11.0. The van der Waals surface area contributed by atoms with Crippen molar-refractivity contribution in [2.75, 3.05) is 11.9 Å². The average molecular weight is 235 g/mol. The number of rotatable bonds is 3. The first-order chi connectivity index (χ1) is 8.06. The Bertz CT molecular complexity index is 473. The van der Waals surface area contributed by atoms with Crippen molar-refractivity contribution in [3.05, 3.63) is 33.9 Å². The van der Waals surface area contributed by atoms with Crippen LogP contribution in [0.3, 0.4) is 0 Å². The molecule has 1 unspecified atom stereocenters. The maximum absolute atomic E-state index is 11.0. The number of carbonyl (C=O) groups is 1. The van der Waals surface area contributed by atoms with Crippen molar-refractivity contribution in [1.29, 1.82) is 0 Å². The normalized spacial score (nSPS) is 18.9. The topological polar surface area (TPSA) is 84.3 Å². The van der Waals surface area contributed by atoms with Gasteiger partial charge in [0.05, 0.1) is 11.0 Å². The Labute approximate surface area is 98.2 Å². The minimum atomic E-state index is -0.419. The van der Waals surface area contributed by atoms with Crippen LogP contribution in [0.25, 0.3) is 0 Å². The van der Waals surface area contributed by atoms with Crippen LogP contribution in [0.5, 0.6) is 0 Å². The Balaban J connectivity index is 2.11. The average Bonchev–Trinajstić information content (AvgIpc) is 2.67. The second kappa shape index (κ2) is 4.40. The van der Waals surface area contributed by atoms with E-state index in [2.05, 4.69) is 10.6 Å². The summed E-state index contributed by atoms with van der Waals surface area (Å²) in [7, 11) is 0. The number of nitro benzene ring substituents is 1. The van der Waals surface area contributed by atoms with Gasteiger partial charge in [-0.25, -0.2) is 0 Å². The number of hydrogen-bond donors (Lipinski definition) is 2. The van der Waals surface area contributed by atoms with E-state index in [1.165, 1.54) is 12.1 Å². The number of anilines is 1. The predicted octanol–water partition coefficient (Wildman–Crippen LogP) is 1.20. The molecule has 1 heterocycles. The molecule has 17 heavy (non-hydrogen) atoms. The molecular formula is C11H13N3O3. The molecule has 1 amide bonds. The van der Waals surface area contributed by atoms with E-state index in [1.807, 2.05) is 0 Å². The highest BCUT2D eigenvalue weighted by Crippen LogP contribution is 2.22. The third kappa shape index (κ3) is 2.52. The van der Waals surface area contributed by atoms with E-state index in [-0.39, 0.29) is 17.6 Å². The van der Waals surface area contributed by atoms with Gasteiger partial charge < -0.3 is 10.6 Å². The third-order valence-electron chi connectivity index (χ3n) is 2.76. The van der Waals surface area contributed by atoms with Crippen LogP contribution >= 0.6 is 0 Å². The molecule has 1 aromatic rings. The van der Waals surface area contributed by atoms with Gasteiger partial charge in [0.25, 0.3) is 5.69 Å². The van der Waals surface area contributed by atoms with E-state index in [0.29, 0.717) is 13.0 Å². The molecule has 0 aromatic heterocycles. The molecule has 6 heteroatoms. The zero-order chi connectivity index (χ0) is 12.4. The van der Waals surface area contributed by atoms with Gasteiger partial charge in [-0.2, -0.15) is 0 Å². The summed E-state index contributed by atoms with van der Waals surface area (Å²) in [6.07, 6.45) is 0.441. The molecule has 1 saturated heterocycles. The van der Waals surface area contributed by atoms with Crippen LogP contribution in [0.4, 0.5) is 11.4 Å². The van der Waals surface area contributed by atoms with Crippen molar-refractivity contribution >= 4 is 17.3 Å². The molecule has 1 aliphatic rings. The highest BCUT2D eigenvalue weighted by Gasteiger charge is 2.21. The minimum Gasteiger partial charge on any atom is -0.380 e. The molecule has 1 fully saturated rings. The zero-order valence-electron chi connectivity index (χ0n) is 9.40. The Hall–Kier alpha value is -2.11. The number of hydrogen-bond acceptors (Lipinski definition) is 4. The summed E-state index contributed by atoms with van der Waals surface area (Å²) in [5.41, 5.74) is 1.71. The molecule has 6 nitrogen and oxygen atoms in total. The molecule has 0 aliphatic carbocycles. The summed E-state index contributed by atoms with van der Waals surface area (Å²) in [6, 6.07) is 4.71. The summed E-state index contributed by atoms with van der Waals surface area (Å²) in [6.45, 7) is 2.40. The van der Waals surface area contributed by atoms with E-state index >= 15 is 0 Å². The van der Waals surface area contributed by atoms with Crippen LogP contribution < -0.4 is 10.6 Å². The largest absolute Gasteiger partial charge is 0.380 e. The smallest absolute Gasteiger partial charge is 0.269 e. The number of nitrogens with zero attached hydrogens (tertiary/aromatic N) is 1. The molecule has 1 aromatic carbocycles. The van der Waals surface area contributed by atoms with Gasteiger partial charge in [-0.1, -0.05) is 0 Å². The van der Waals surface area contributed by atoms with Crippen molar-refractivity contribution in [3.8, 4) is 0 Å². The number of aryl methyl sites for hydroxylation is 1. The molecule has 2 N–H and O–H groups in total. The second-order valence-electron chi connectivity index (χ2n) is 4.11. The Morgan fingerprint density at radius 3 is 2.82 bits per heavy atom. The first-order valence-electron chi connectivity index (χ1n) is 5.34. The summed E-state index contributed by atoms with van der Waals surface area (Å²) < 4.78 is 0. The first kappa shape index (κ1) is 11.4. The summed E-state index contributed by atoms with van der Waals surface area (Å²) >= 11 is 0. The number of amides is 1. The fraction of sp³-hybridized carbons (Fsp3) is 0.364. The number of nitrogens with one attached hydrogen (secondary N) is 2. The summed E-state index contributed by atoms with van der Waals surface area (Å²) in [4.78, 5) is 21.2. The lowest BCUT2D eigenvalue weighted by molar-refractivity contribution is -0.384. The lowest BCUT2D eigenvalue weighted by Gasteiger charge is -2.13. The third-order valence-corrected chi connectivity index (χ3v) is 2.76. The Kier molecular flexibility index (Phi) is 2.95. The van der Waals surface area contributed by atoms with E-state index in [9.17, 15) is 14.9 Å². The van der Waals surface area contributed by atoms with Gasteiger partial charge in [0.15, 0.2) is 0 Å². The quantitative estimate of drug-likeness (QED) is 0.609. The van der Waals surface area contributed by atoms with E-state index < -0.39 is 4.92 Å². The standard InChI is InChI=1S/C11H13N3O3/c1-7-4-9(14(16)17)2-3-10(7)13-8-5-11(15)12-6-8/h2-4,8,13H,5-6H2,1H3,(H,12,15).